The molecule has 10 heavy (non-hydrogen) atoms. The van der Waals surface area contributed by atoms with Gasteiger partial charge in [-0.2, -0.15) is 0 Å². The molecule has 0 bridgehead atoms. The molecule has 1 aromatic carbocycles. The van der Waals surface area contributed by atoms with Crippen LogP contribution in [-0.4, -0.2) is 4.98 Å². The van der Waals surface area contributed by atoms with E-state index in [9.17, 15) is 0 Å². The highest BCUT2D eigenvalue weighted by Gasteiger charge is 1.87. The smallest absolute Gasteiger partial charge is 0.0970 e. The van der Waals surface area contributed by atoms with Crippen molar-refractivity contribution in [2.75, 3.05) is 0 Å². The Hall–Kier alpha value is -1.37. The molecule has 0 aliphatic rings. The van der Waals surface area contributed by atoms with Crippen molar-refractivity contribution >= 4 is 10.8 Å². The van der Waals surface area contributed by atoms with Gasteiger partial charge in [0.25, 0.3) is 0 Å². The normalized spacial score (nSPS) is 10.0. The number of pyridine rings is 1. The number of hydrogen-bond acceptors (Lipinski definition) is 1. The number of rotatable bonds is 0. The molecule has 1 aromatic heterocycles. The third-order valence-corrected chi connectivity index (χ3v) is 1.41. The van der Waals surface area contributed by atoms with E-state index < -0.39 is 0 Å². The van der Waals surface area contributed by atoms with Crippen LogP contribution in [0.5, 0.6) is 0 Å². The van der Waals surface area contributed by atoms with E-state index in [0.717, 1.165) is 10.8 Å². The summed E-state index contributed by atoms with van der Waals surface area (Å²) >= 11 is 0. The monoisotopic (exact) mass is 127 g/mol. The van der Waals surface area contributed by atoms with Crippen LogP contribution in [0.25, 0.3) is 10.8 Å². The molecule has 2 radical (unpaired) electrons. The molecule has 0 fully saturated rings. The number of hydrogen-bond donors (Lipinski definition) is 0. The first-order valence-corrected chi connectivity index (χ1v) is 3.09. The first-order valence-electron chi connectivity index (χ1n) is 3.09. The highest BCUT2D eigenvalue weighted by molar-refractivity contribution is 5.80. The second-order valence-electron chi connectivity index (χ2n) is 2.07. The third-order valence-electron chi connectivity index (χ3n) is 1.41. The summed E-state index contributed by atoms with van der Waals surface area (Å²) in [6.07, 6.45) is 4.61. The fourth-order valence-electron chi connectivity index (χ4n) is 0.907. The maximum absolute atomic E-state index is 3.87. The zero-order valence-corrected chi connectivity index (χ0v) is 5.33. The molecule has 0 unspecified atom stereocenters. The van der Waals surface area contributed by atoms with Crippen LogP contribution in [0.15, 0.2) is 30.5 Å². The highest BCUT2D eigenvalue weighted by Crippen LogP contribution is 2.08. The summed E-state index contributed by atoms with van der Waals surface area (Å²) in [6.45, 7) is 0. The van der Waals surface area contributed by atoms with Crippen molar-refractivity contribution in [1.82, 2.24) is 4.98 Å². The van der Waals surface area contributed by atoms with Crippen molar-refractivity contribution in [2.24, 2.45) is 0 Å². The molecular formula is C9H5N. The zero-order valence-electron chi connectivity index (χ0n) is 5.33. The molecule has 2 rings (SSSR count). The van der Waals surface area contributed by atoms with Crippen LogP contribution >= 0.6 is 0 Å². The summed E-state index contributed by atoms with van der Waals surface area (Å²) in [7, 11) is 0. The average Bonchev–Trinajstić information content (AvgIpc) is 2.05. The predicted octanol–water partition coefficient (Wildman–Crippen LogP) is 1.84. The molecule has 46 valence electrons. The van der Waals surface area contributed by atoms with Crippen LogP contribution < -0.4 is 0 Å². The van der Waals surface area contributed by atoms with Gasteiger partial charge in [-0.25, -0.2) is 0 Å². The molecule has 0 saturated heterocycles. The van der Waals surface area contributed by atoms with E-state index in [1.54, 1.807) is 6.20 Å². The van der Waals surface area contributed by atoms with E-state index in [0.29, 0.717) is 0 Å². The number of benzene rings is 1. The molecule has 1 nitrogen and oxygen atoms in total. The van der Waals surface area contributed by atoms with Crippen LogP contribution in [0.4, 0.5) is 0 Å². The lowest BCUT2D eigenvalue weighted by atomic mass is 10.2. The SMILES string of the molecule is [c]1ccc2[c]nccc2c1. The topological polar surface area (TPSA) is 12.9 Å². The first-order chi connectivity index (χ1) is 4.97. The molecule has 0 aliphatic heterocycles. The Kier molecular flexibility index (Phi) is 1.14. The maximum Gasteiger partial charge on any atom is 0.0970 e. The first kappa shape index (κ1) is 5.42. The average molecular weight is 127 g/mol. The lowest BCUT2D eigenvalue weighted by molar-refractivity contribution is 1.35. The molecular weight excluding hydrogens is 122 g/mol. The van der Waals surface area contributed by atoms with Gasteiger partial charge in [0.05, 0.1) is 6.20 Å². The fraction of sp³-hybridized carbons (Fsp3) is 0. The summed E-state index contributed by atoms with van der Waals surface area (Å²) in [6, 6.07) is 10.7. The Labute approximate surface area is 59.3 Å². The molecule has 0 N–H and O–H groups in total. The van der Waals surface area contributed by atoms with Gasteiger partial charge in [-0.15, -0.1) is 0 Å². The van der Waals surface area contributed by atoms with Crippen molar-refractivity contribution in [3.05, 3.63) is 42.7 Å². The largest absolute Gasteiger partial charge is 0.254 e. The summed E-state index contributed by atoms with van der Waals surface area (Å²) in [5, 5.41) is 2.18. The fourth-order valence-corrected chi connectivity index (χ4v) is 0.907. The van der Waals surface area contributed by atoms with Crippen LogP contribution in [0.1, 0.15) is 0 Å². The summed E-state index contributed by atoms with van der Waals surface area (Å²) < 4.78 is 0. The van der Waals surface area contributed by atoms with Crippen LogP contribution in [0, 0.1) is 12.3 Å². The van der Waals surface area contributed by atoms with Gasteiger partial charge in [0.2, 0.25) is 0 Å². The lowest BCUT2D eigenvalue weighted by Gasteiger charge is -1.90. The van der Waals surface area contributed by atoms with Gasteiger partial charge in [-0.3, -0.25) is 4.98 Å². The van der Waals surface area contributed by atoms with E-state index in [2.05, 4.69) is 17.2 Å². The molecule has 0 spiro atoms. The molecule has 0 saturated carbocycles. The van der Waals surface area contributed by atoms with Crippen LogP contribution in [0.3, 0.4) is 0 Å². The van der Waals surface area contributed by atoms with Gasteiger partial charge in [-0.05, 0) is 23.6 Å². The standard InChI is InChI=1S/C9H5N/c1-2-4-9-7-10-6-5-8(9)3-1/h2-6H. The Bertz CT molecular complexity index is 276. The van der Waals surface area contributed by atoms with Crippen molar-refractivity contribution in [3.63, 3.8) is 0 Å². The summed E-state index contributed by atoms with van der Waals surface area (Å²) in [4.78, 5) is 3.87. The van der Waals surface area contributed by atoms with Gasteiger partial charge in [-0.1, -0.05) is 12.1 Å². The number of aromatic nitrogens is 1. The van der Waals surface area contributed by atoms with E-state index in [-0.39, 0.29) is 0 Å². The quantitative estimate of drug-likeness (QED) is 0.526. The number of nitrogens with zero attached hydrogens (tertiary/aromatic N) is 1. The van der Waals surface area contributed by atoms with Gasteiger partial charge in [0, 0.05) is 11.6 Å². The van der Waals surface area contributed by atoms with E-state index >= 15 is 0 Å². The molecule has 1 heterocycles. The second kappa shape index (κ2) is 2.10. The Morgan fingerprint density at radius 1 is 1.30 bits per heavy atom. The minimum absolute atomic E-state index is 1.04. The van der Waals surface area contributed by atoms with E-state index in [1.165, 1.54) is 0 Å². The Morgan fingerprint density at radius 2 is 2.30 bits per heavy atom. The van der Waals surface area contributed by atoms with Crippen LogP contribution in [0.2, 0.25) is 0 Å². The van der Waals surface area contributed by atoms with Gasteiger partial charge >= 0.3 is 0 Å². The molecule has 0 aliphatic carbocycles. The van der Waals surface area contributed by atoms with E-state index in [4.69, 9.17) is 0 Å². The second-order valence-corrected chi connectivity index (χ2v) is 2.07. The minimum atomic E-state index is 1.04. The van der Waals surface area contributed by atoms with Crippen molar-refractivity contribution < 1.29 is 0 Å². The summed E-state index contributed by atoms with van der Waals surface area (Å²) in [5.74, 6) is 0. The van der Waals surface area contributed by atoms with Gasteiger partial charge in [0.1, 0.15) is 0 Å². The Morgan fingerprint density at radius 3 is 3.20 bits per heavy atom. The highest BCUT2D eigenvalue weighted by atomic mass is 14.6. The third kappa shape index (κ3) is 0.760. The van der Waals surface area contributed by atoms with Crippen molar-refractivity contribution in [3.8, 4) is 0 Å². The molecule has 2 aromatic rings. The maximum atomic E-state index is 3.87. The number of fused-ring (bicyclic) bond motifs is 1. The zero-order chi connectivity index (χ0) is 6.81. The Balaban J connectivity index is 2.89. The molecule has 1 heteroatoms. The van der Waals surface area contributed by atoms with Crippen molar-refractivity contribution in [1.29, 1.82) is 0 Å². The molecule has 0 atom stereocenters. The summed E-state index contributed by atoms with van der Waals surface area (Å²) in [5.41, 5.74) is 0. The van der Waals surface area contributed by atoms with Gasteiger partial charge in [0.15, 0.2) is 0 Å². The minimum Gasteiger partial charge on any atom is -0.254 e. The lowest BCUT2D eigenvalue weighted by Crippen LogP contribution is -1.72. The van der Waals surface area contributed by atoms with Gasteiger partial charge < -0.3 is 0 Å². The van der Waals surface area contributed by atoms with E-state index in [1.807, 2.05) is 24.3 Å². The van der Waals surface area contributed by atoms with Crippen LogP contribution in [-0.2, 0) is 0 Å². The van der Waals surface area contributed by atoms with Crippen molar-refractivity contribution in [2.45, 2.75) is 0 Å². The predicted molar refractivity (Wildman–Crippen MR) is 39.4 cm³/mol. The molecule has 0 amide bonds.